The zero-order chi connectivity index (χ0) is 21.3. The van der Waals surface area contributed by atoms with E-state index in [0.717, 1.165) is 5.56 Å². The number of ether oxygens (including phenoxy) is 3. The maximum atomic E-state index is 12.8. The van der Waals surface area contributed by atoms with E-state index in [2.05, 4.69) is 20.3 Å². The van der Waals surface area contributed by atoms with Crippen LogP contribution in [0.25, 0.3) is 0 Å². The van der Waals surface area contributed by atoms with E-state index in [1.165, 1.54) is 11.1 Å². The molecule has 2 aromatic heterocycles. The van der Waals surface area contributed by atoms with E-state index in [1.54, 1.807) is 19.3 Å². The molecule has 2 aliphatic heterocycles. The van der Waals surface area contributed by atoms with Crippen molar-refractivity contribution in [3.8, 4) is 5.75 Å². The summed E-state index contributed by atoms with van der Waals surface area (Å²) in [5.41, 5.74) is 1.37. The lowest BCUT2D eigenvalue weighted by Crippen LogP contribution is -2.49. The molecule has 2 amide bonds. The first-order chi connectivity index (χ1) is 14.4. The van der Waals surface area contributed by atoms with Gasteiger partial charge in [0.15, 0.2) is 11.6 Å². The van der Waals surface area contributed by atoms with E-state index in [4.69, 9.17) is 25.8 Å². The highest BCUT2D eigenvalue weighted by Gasteiger charge is 2.32. The van der Waals surface area contributed by atoms with E-state index >= 15 is 0 Å². The highest BCUT2D eigenvalue weighted by atomic mass is 35.5. The largest absolute Gasteiger partial charge is 0.487 e. The molecule has 30 heavy (non-hydrogen) atoms. The molecule has 4 rings (SSSR count). The van der Waals surface area contributed by atoms with Gasteiger partial charge in [-0.15, -0.1) is 0 Å². The van der Waals surface area contributed by atoms with E-state index in [0.29, 0.717) is 42.1 Å². The summed E-state index contributed by atoms with van der Waals surface area (Å²) in [6, 6.07) is 0.623. The quantitative estimate of drug-likeness (QED) is 0.764. The van der Waals surface area contributed by atoms with Gasteiger partial charge < -0.3 is 19.5 Å². The average Bonchev–Trinajstić information content (AvgIpc) is 2.86. The van der Waals surface area contributed by atoms with Gasteiger partial charge in [-0.2, -0.15) is 0 Å². The molecule has 1 fully saturated rings. The predicted molar refractivity (Wildman–Crippen MR) is 106 cm³/mol. The van der Waals surface area contributed by atoms with E-state index in [9.17, 15) is 9.59 Å². The lowest BCUT2D eigenvalue weighted by molar-refractivity contribution is -0.120. The minimum absolute atomic E-state index is 0.0665. The molecular weight excluding hydrogens is 414 g/mol. The number of fused-ring (bicyclic) bond motifs is 1. The molecule has 2 atom stereocenters. The van der Waals surface area contributed by atoms with Crippen molar-refractivity contribution in [1.29, 1.82) is 0 Å². The summed E-state index contributed by atoms with van der Waals surface area (Å²) in [5.74, 6) is -0.361. The van der Waals surface area contributed by atoms with Gasteiger partial charge in [0.2, 0.25) is 5.82 Å². The van der Waals surface area contributed by atoms with Gasteiger partial charge in [0, 0.05) is 25.5 Å². The highest BCUT2D eigenvalue weighted by molar-refractivity contribution is 6.30. The molecule has 2 unspecified atom stereocenters. The van der Waals surface area contributed by atoms with Crippen molar-refractivity contribution in [2.24, 2.45) is 0 Å². The summed E-state index contributed by atoms with van der Waals surface area (Å²) in [6.45, 7) is 3.08. The number of hydrogen-bond acceptors (Lipinski definition) is 8. The Kier molecular flexibility index (Phi) is 5.80. The fourth-order valence-electron chi connectivity index (χ4n) is 3.22. The van der Waals surface area contributed by atoms with Crippen LogP contribution < -0.4 is 15.0 Å². The molecule has 10 nitrogen and oxygen atoms in total. The Labute approximate surface area is 177 Å². The Morgan fingerprint density at radius 3 is 2.87 bits per heavy atom. The molecule has 4 heterocycles. The summed E-state index contributed by atoms with van der Waals surface area (Å²) in [6.07, 6.45) is 2.60. The number of anilines is 1. The third-order valence-electron chi connectivity index (χ3n) is 4.79. The Bertz CT molecular complexity index is 982. The topological polar surface area (TPSA) is 116 Å². The van der Waals surface area contributed by atoms with Crippen LogP contribution in [0, 0.1) is 6.92 Å². The van der Waals surface area contributed by atoms with Crippen LogP contribution in [0.2, 0.25) is 5.02 Å². The van der Waals surface area contributed by atoms with Crippen molar-refractivity contribution in [2.45, 2.75) is 19.1 Å². The molecule has 2 aliphatic rings. The Morgan fingerprint density at radius 2 is 2.10 bits per heavy atom. The molecule has 2 aromatic rings. The molecule has 0 aliphatic carbocycles. The second-order valence-electron chi connectivity index (χ2n) is 6.91. The number of aromatic nitrogens is 3. The first-order valence-corrected chi connectivity index (χ1v) is 9.71. The van der Waals surface area contributed by atoms with Crippen molar-refractivity contribution >= 4 is 29.2 Å². The number of halogens is 1. The number of nitrogens with zero attached hydrogens (tertiary/aromatic N) is 4. The first kappa shape index (κ1) is 20.5. The summed E-state index contributed by atoms with van der Waals surface area (Å²) in [7, 11) is 1.55. The second-order valence-corrected chi connectivity index (χ2v) is 7.34. The number of amides is 2. The maximum absolute atomic E-state index is 12.8. The second kappa shape index (κ2) is 8.50. The summed E-state index contributed by atoms with van der Waals surface area (Å²) in [5, 5.41) is 3.02. The standard InChI is InChI=1S/C19H20ClN5O5/c1-10-6-21-16(24-15(10)14-9-28-3-4-29-14)18(26)23-12-8-30-13-5-11(20)7-22-17(13)25(2)19(12)27/h5-7,12,14H,3-4,8-9H2,1-2H3,(H,23,26). The van der Waals surface area contributed by atoms with E-state index < -0.39 is 11.9 Å². The third-order valence-corrected chi connectivity index (χ3v) is 5.00. The Hall–Kier alpha value is -2.82. The highest BCUT2D eigenvalue weighted by Crippen LogP contribution is 2.30. The van der Waals surface area contributed by atoms with Crippen molar-refractivity contribution in [2.75, 3.05) is 38.4 Å². The van der Waals surface area contributed by atoms with Gasteiger partial charge in [0.1, 0.15) is 18.8 Å². The molecule has 0 spiro atoms. The van der Waals surface area contributed by atoms with E-state index in [1.807, 2.05) is 6.92 Å². The lowest BCUT2D eigenvalue weighted by atomic mass is 10.1. The molecule has 0 saturated carbocycles. The molecule has 0 bridgehead atoms. The number of pyridine rings is 1. The molecule has 11 heteroatoms. The van der Waals surface area contributed by atoms with Crippen LogP contribution in [0.3, 0.4) is 0 Å². The average molecular weight is 434 g/mol. The fourth-order valence-corrected chi connectivity index (χ4v) is 3.36. The van der Waals surface area contributed by atoms with Crippen molar-refractivity contribution in [1.82, 2.24) is 20.3 Å². The minimum atomic E-state index is -0.946. The van der Waals surface area contributed by atoms with Crippen molar-refractivity contribution in [3.05, 3.63) is 40.6 Å². The van der Waals surface area contributed by atoms with Crippen molar-refractivity contribution < 1.29 is 23.8 Å². The number of likely N-dealkylation sites (N-methyl/N-ethyl adjacent to an activating group) is 1. The molecular formula is C19H20ClN5O5. The normalized spacial score (nSPS) is 21.4. The summed E-state index contributed by atoms with van der Waals surface area (Å²) >= 11 is 5.96. The van der Waals surface area contributed by atoms with E-state index in [-0.39, 0.29) is 24.4 Å². The smallest absolute Gasteiger partial charge is 0.289 e. The number of nitrogens with one attached hydrogen (secondary N) is 1. The molecule has 158 valence electrons. The van der Waals surface area contributed by atoms with Gasteiger partial charge >= 0.3 is 0 Å². The lowest BCUT2D eigenvalue weighted by Gasteiger charge is -2.24. The fraction of sp³-hybridized carbons (Fsp3) is 0.421. The monoisotopic (exact) mass is 433 g/mol. The van der Waals surface area contributed by atoms with Crippen LogP contribution in [-0.2, 0) is 14.3 Å². The Balaban J connectivity index is 1.52. The number of carbonyl (C=O) groups excluding carboxylic acids is 2. The number of carbonyl (C=O) groups is 2. The number of rotatable bonds is 3. The van der Waals surface area contributed by atoms with Crippen molar-refractivity contribution in [3.63, 3.8) is 0 Å². The number of aryl methyl sites for hydroxylation is 1. The van der Waals surface area contributed by atoms with Crippen LogP contribution in [0.4, 0.5) is 5.82 Å². The molecule has 1 N–H and O–H groups in total. The minimum Gasteiger partial charge on any atom is -0.487 e. The van der Waals surface area contributed by atoms with Gasteiger partial charge in [0.05, 0.1) is 30.5 Å². The first-order valence-electron chi connectivity index (χ1n) is 9.33. The molecule has 0 radical (unpaired) electrons. The Morgan fingerprint density at radius 1 is 1.27 bits per heavy atom. The summed E-state index contributed by atoms with van der Waals surface area (Å²) in [4.78, 5) is 39.5. The van der Waals surface area contributed by atoms with Gasteiger partial charge in [0.25, 0.3) is 11.8 Å². The van der Waals surface area contributed by atoms with Crippen LogP contribution in [-0.4, -0.2) is 66.3 Å². The van der Waals surface area contributed by atoms with Gasteiger partial charge in [-0.05, 0) is 12.5 Å². The zero-order valence-electron chi connectivity index (χ0n) is 16.4. The van der Waals surface area contributed by atoms with Gasteiger partial charge in [-0.1, -0.05) is 11.6 Å². The SMILES string of the molecule is Cc1cnc(C(=O)NC2COc3cc(Cl)cnc3N(C)C2=O)nc1C1COCCO1. The third kappa shape index (κ3) is 4.07. The maximum Gasteiger partial charge on any atom is 0.289 e. The predicted octanol–water partition coefficient (Wildman–Crippen LogP) is 1.08. The molecule has 1 saturated heterocycles. The zero-order valence-corrected chi connectivity index (χ0v) is 17.2. The molecule has 0 aromatic carbocycles. The van der Waals surface area contributed by atoms with Crippen LogP contribution in [0.15, 0.2) is 18.5 Å². The summed E-state index contributed by atoms with van der Waals surface area (Å²) < 4.78 is 16.8. The van der Waals surface area contributed by atoms with Crippen LogP contribution in [0.5, 0.6) is 5.75 Å². The van der Waals surface area contributed by atoms with Crippen LogP contribution >= 0.6 is 11.6 Å². The van der Waals surface area contributed by atoms with Crippen LogP contribution in [0.1, 0.15) is 28.0 Å². The van der Waals surface area contributed by atoms with Gasteiger partial charge in [-0.25, -0.2) is 15.0 Å². The van der Waals surface area contributed by atoms with Gasteiger partial charge in [-0.3, -0.25) is 14.5 Å². The number of hydrogen-bond donors (Lipinski definition) is 1.